The molecule has 1 fully saturated rings. The second-order valence-electron chi connectivity index (χ2n) is 6.04. The van der Waals surface area contributed by atoms with E-state index < -0.39 is 0 Å². The highest BCUT2D eigenvalue weighted by Crippen LogP contribution is 2.36. The van der Waals surface area contributed by atoms with E-state index in [1.54, 1.807) is 0 Å². The molecule has 20 heavy (non-hydrogen) atoms. The lowest BCUT2D eigenvalue weighted by molar-refractivity contribution is 0.613. The third-order valence-electron chi connectivity index (χ3n) is 4.59. The lowest BCUT2D eigenvalue weighted by Gasteiger charge is -2.33. The minimum absolute atomic E-state index is 0.257. The van der Waals surface area contributed by atoms with Crippen LogP contribution in [-0.4, -0.2) is 18.1 Å². The molecule has 0 radical (unpaired) electrons. The van der Waals surface area contributed by atoms with Gasteiger partial charge in [0.2, 0.25) is 0 Å². The highest BCUT2D eigenvalue weighted by Gasteiger charge is 2.30. The maximum absolute atomic E-state index is 6.18. The van der Waals surface area contributed by atoms with Crippen LogP contribution in [0, 0.1) is 0 Å². The Morgan fingerprint density at radius 1 is 1.35 bits per heavy atom. The average molecular weight is 339 g/mol. The Morgan fingerprint density at radius 2 is 2.10 bits per heavy atom. The van der Waals surface area contributed by atoms with Crippen molar-refractivity contribution in [2.24, 2.45) is 5.73 Å². The molecule has 3 heteroatoms. The third kappa shape index (κ3) is 3.37. The molecule has 1 aromatic carbocycles. The van der Waals surface area contributed by atoms with Gasteiger partial charge in [-0.05, 0) is 56.7 Å². The van der Waals surface area contributed by atoms with Gasteiger partial charge in [-0.1, -0.05) is 35.8 Å². The molecule has 0 spiro atoms. The molecule has 1 heterocycles. The van der Waals surface area contributed by atoms with Gasteiger partial charge in [0.15, 0.2) is 0 Å². The van der Waals surface area contributed by atoms with Crippen LogP contribution in [0.3, 0.4) is 0 Å². The zero-order valence-corrected chi connectivity index (χ0v) is 14.5. The van der Waals surface area contributed by atoms with Crippen molar-refractivity contribution in [1.82, 2.24) is 0 Å². The number of nitrogens with zero attached hydrogens (tertiary/aromatic N) is 1. The molecule has 1 saturated heterocycles. The van der Waals surface area contributed by atoms with Gasteiger partial charge >= 0.3 is 0 Å². The summed E-state index contributed by atoms with van der Waals surface area (Å²) in [5, 5.41) is 0. The quantitative estimate of drug-likeness (QED) is 0.856. The van der Waals surface area contributed by atoms with E-state index in [2.05, 4.69) is 59.8 Å². The van der Waals surface area contributed by atoms with Crippen LogP contribution >= 0.6 is 15.9 Å². The van der Waals surface area contributed by atoms with E-state index in [0.717, 1.165) is 17.3 Å². The van der Waals surface area contributed by atoms with Crippen molar-refractivity contribution in [2.45, 2.75) is 71.0 Å². The molecular formula is C17H27BrN2. The summed E-state index contributed by atoms with van der Waals surface area (Å²) in [5.74, 6) is 0. The molecule has 3 unspecified atom stereocenters. The minimum Gasteiger partial charge on any atom is -0.366 e. The van der Waals surface area contributed by atoms with Crippen molar-refractivity contribution in [1.29, 1.82) is 0 Å². The number of halogens is 1. The van der Waals surface area contributed by atoms with Crippen molar-refractivity contribution in [3.8, 4) is 0 Å². The first-order valence-corrected chi connectivity index (χ1v) is 8.68. The van der Waals surface area contributed by atoms with Crippen molar-refractivity contribution in [2.75, 3.05) is 4.90 Å². The molecular weight excluding hydrogens is 312 g/mol. The van der Waals surface area contributed by atoms with Gasteiger partial charge in [0.1, 0.15) is 0 Å². The van der Waals surface area contributed by atoms with E-state index in [1.165, 1.54) is 30.5 Å². The SMILES string of the molecule is CCC(N)Cc1ccc(Br)cc1N1C(C)CCC1CC. The van der Waals surface area contributed by atoms with E-state index in [0.29, 0.717) is 12.1 Å². The Balaban J connectivity index is 2.35. The average Bonchev–Trinajstić information content (AvgIpc) is 2.81. The Morgan fingerprint density at radius 3 is 2.75 bits per heavy atom. The second-order valence-corrected chi connectivity index (χ2v) is 6.96. The van der Waals surface area contributed by atoms with Gasteiger partial charge in [0.25, 0.3) is 0 Å². The van der Waals surface area contributed by atoms with Crippen LogP contribution in [0.15, 0.2) is 22.7 Å². The number of anilines is 1. The lowest BCUT2D eigenvalue weighted by atomic mass is 10.0. The standard InChI is InChI=1S/C17H27BrN2/c1-4-15(19)10-13-7-8-14(18)11-17(13)20-12(3)6-9-16(20)5-2/h7-8,11-12,15-16H,4-6,9-10,19H2,1-3H3. The van der Waals surface area contributed by atoms with Gasteiger partial charge in [-0.2, -0.15) is 0 Å². The number of hydrogen-bond donors (Lipinski definition) is 1. The molecule has 2 nitrogen and oxygen atoms in total. The van der Waals surface area contributed by atoms with Gasteiger partial charge in [-0.3, -0.25) is 0 Å². The monoisotopic (exact) mass is 338 g/mol. The van der Waals surface area contributed by atoms with Gasteiger partial charge in [0.05, 0.1) is 0 Å². The summed E-state index contributed by atoms with van der Waals surface area (Å²) in [4.78, 5) is 2.63. The van der Waals surface area contributed by atoms with Crippen LogP contribution in [0.1, 0.15) is 52.0 Å². The molecule has 1 aliphatic heterocycles. The second kappa shape index (κ2) is 6.95. The van der Waals surface area contributed by atoms with Crippen LogP contribution in [0.5, 0.6) is 0 Å². The topological polar surface area (TPSA) is 29.3 Å². The zero-order valence-electron chi connectivity index (χ0n) is 12.9. The third-order valence-corrected chi connectivity index (χ3v) is 5.08. The number of hydrogen-bond acceptors (Lipinski definition) is 2. The van der Waals surface area contributed by atoms with E-state index in [4.69, 9.17) is 5.73 Å². The molecule has 3 atom stereocenters. The normalized spacial score (nSPS) is 24.1. The van der Waals surface area contributed by atoms with Gasteiger partial charge in [0, 0.05) is 28.3 Å². The van der Waals surface area contributed by atoms with Crippen LogP contribution < -0.4 is 10.6 Å². The summed E-state index contributed by atoms with van der Waals surface area (Å²) in [6.45, 7) is 6.81. The van der Waals surface area contributed by atoms with E-state index in [9.17, 15) is 0 Å². The summed E-state index contributed by atoms with van der Waals surface area (Å²) in [6, 6.07) is 8.23. The van der Waals surface area contributed by atoms with Crippen molar-refractivity contribution in [3.05, 3.63) is 28.2 Å². The summed E-state index contributed by atoms with van der Waals surface area (Å²) < 4.78 is 1.16. The summed E-state index contributed by atoms with van der Waals surface area (Å²) in [6.07, 6.45) is 5.82. The summed E-state index contributed by atoms with van der Waals surface area (Å²) in [7, 11) is 0. The van der Waals surface area contributed by atoms with Crippen molar-refractivity contribution < 1.29 is 0 Å². The molecule has 2 rings (SSSR count). The summed E-state index contributed by atoms with van der Waals surface area (Å²) in [5.41, 5.74) is 8.97. The molecule has 0 saturated carbocycles. The largest absolute Gasteiger partial charge is 0.366 e. The maximum atomic E-state index is 6.18. The first-order chi connectivity index (χ1) is 9.56. The first-order valence-electron chi connectivity index (χ1n) is 7.89. The number of benzene rings is 1. The van der Waals surface area contributed by atoms with Crippen LogP contribution in [-0.2, 0) is 6.42 Å². The maximum Gasteiger partial charge on any atom is 0.0415 e. The molecule has 0 aromatic heterocycles. The van der Waals surface area contributed by atoms with E-state index >= 15 is 0 Å². The van der Waals surface area contributed by atoms with Gasteiger partial charge < -0.3 is 10.6 Å². The fourth-order valence-electron chi connectivity index (χ4n) is 3.28. The van der Waals surface area contributed by atoms with Crippen molar-refractivity contribution >= 4 is 21.6 Å². The Kier molecular flexibility index (Phi) is 5.50. The first kappa shape index (κ1) is 15.8. The van der Waals surface area contributed by atoms with E-state index in [-0.39, 0.29) is 6.04 Å². The number of rotatable bonds is 5. The van der Waals surface area contributed by atoms with Crippen molar-refractivity contribution in [3.63, 3.8) is 0 Å². The molecule has 0 bridgehead atoms. The summed E-state index contributed by atoms with van der Waals surface area (Å²) >= 11 is 3.63. The highest BCUT2D eigenvalue weighted by atomic mass is 79.9. The van der Waals surface area contributed by atoms with Crippen LogP contribution in [0.4, 0.5) is 5.69 Å². The Hall–Kier alpha value is -0.540. The molecule has 2 N–H and O–H groups in total. The van der Waals surface area contributed by atoms with Gasteiger partial charge in [-0.25, -0.2) is 0 Å². The zero-order chi connectivity index (χ0) is 14.7. The predicted molar refractivity (Wildman–Crippen MR) is 91.4 cm³/mol. The van der Waals surface area contributed by atoms with Gasteiger partial charge in [-0.15, -0.1) is 0 Å². The van der Waals surface area contributed by atoms with Crippen LogP contribution in [0.2, 0.25) is 0 Å². The van der Waals surface area contributed by atoms with Crippen LogP contribution in [0.25, 0.3) is 0 Å². The number of nitrogens with two attached hydrogens (primary N) is 1. The molecule has 112 valence electrons. The molecule has 0 amide bonds. The fourth-order valence-corrected chi connectivity index (χ4v) is 3.63. The fraction of sp³-hybridized carbons (Fsp3) is 0.647. The lowest BCUT2D eigenvalue weighted by Crippen LogP contribution is -2.35. The minimum atomic E-state index is 0.257. The predicted octanol–water partition coefficient (Wildman–Crippen LogP) is 4.50. The molecule has 1 aromatic rings. The molecule has 0 aliphatic carbocycles. The van der Waals surface area contributed by atoms with E-state index in [1.807, 2.05) is 0 Å². The highest BCUT2D eigenvalue weighted by molar-refractivity contribution is 9.10. The Bertz CT molecular complexity index is 447. The molecule has 1 aliphatic rings. The smallest absolute Gasteiger partial charge is 0.0415 e. The Labute approximate surface area is 131 Å².